The fourth-order valence-electron chi connectivity index (χ4n) is 0.829. The van der Waals surface area contributed by atoms with Crippen LogP contribution in [0.4, 0.5) is 5.82 Å². The Morgan fingerprint density at radius 3 is 3.00 bits per heavy atom. The Labute approximate surface area is 81.3 Å². The quantitative estimate of drug-likeness (QED) is 0.764. The summed E-state index contributed by atoms with van der Waals surface area (Å²) in [6.07, 6.45) is 1.76. The van der Waals surface area contributed by atoms with Crippen molar-refractivity contribution in [2.75, 3.05) is 17.2 Å². The Balaban J connectivity index is 2.42. The maximum absolute atomic E-state index is 5.73. The van der Waals surface area contributed by atoms with E-state index in [9.17, 15) is 0 Å². The zero-order valence-electron chi connectivity index (χ0n) is 6.96. The number of nitrogens with zero attached hydrogens (tertiary/aromatic N) is 2. The first-order valence-electron chi connectivity index (χ1n) is 3.80. The van der Waals surface area contributed by atoms with E-state index in [2.05, 4.69) is 12.0 Å². The normalized spacial score (nSPS) is 10.5. The molecular weight excluding hydrogens is 194 g/mol. The van der Waals surface area contributed by atoms with Gasteiger partial charge in [0, 0.05) is 11.9 Å². The highest BCUT2D eigenvalue weighted by molar-refractivity contribution is 7.99. The maximum Gasteiger partial charge on any atom is 0.164 e. The molecule has 0 radical (unpaired) electrons. The summed E-state index contributed by atoms with van der Waals surface area (Å²) in [4.78, 5) is 0. The van der Waals surface area contributed by atoms with E-state index in [0.717, 1.165) is 18.1 Å². The summed E-state index contributed by atoms with van der Waals surface area (Å²) in [5.41, 5.74) is 5.47. The number of hydrogen-bond donors (Lipinski definition) is 1. The third kappa shape index (κ3) is 2.60. The number of rotatable bonds is 4. The Morgan fingerprint density at radius 1 is 1.75 bits per heavy atom. The number of hydrogen-bond acceptors (Lipinski definition) is 3. The molecule has 1 aromatic heterocycles. The molecule has 0 saturated carbocycles. The Hall–Kier alpha value is -0.350. The van der Waals surface area contributed by atoms with E-state index in [1.54, 1.807) is 10.9 Å². The molecular formula is C7H12ClN3S. The zero-order valence-corrected chi connectivity index (χ0v) is 8.53. The third-order valence-electron chi connectivity index (χ3n) is 1.41. The first-order valence-corrected chi connectivity index (χ1v) is 5.33. The first-order chi connectivity index (χ1) is 5.74. The van der Waals surface area contributed by atoms with Crippen LogP contribution in [0.5, 0.6) is 0 Å². The molecule has 1 heterocycles. The van der Waals surface area contributed by atoms with Crippen LogP contribution in [-0.2, 0) is 6.54 Å². The minimum atomic E-state index is 0.415. The van der Waals surface area contributed by atoms with Crippen LogP contribution in [-0.4, -0.2) is 21.3 Å². The summed E-state index contributed by atoms with van der Waals surface area (Å²) < 4.78 is 1.78. The molecule has 0 saturated heterocycles. The number of thioether (sulfide) groups is 1. The van der Waals surface area contributed by atoms with Crippen molar-refractivity contribution in [3.8, 4) is 0 Å². The van der Waals surface area contributed by atoms with Gasteiger partial charge in [0.15, 0.2) is 5.82 Å². The predicted octanol–water partition coefficient (Wildman–Crippen LogP) is 1.87. The van der Waals surface area contributed by atoms with Crippen molar-refractivity contribution in [1.82, 2.24) is 9.78 Å². The lowest BCUT2D eigenvalue weighted by atomic mass is 10.6. The lowest BCUT2D eigenvalue weighted by Crippen LogP contribution is -2.01. The summed E-state index contributed by atoms with van der Waals surface area (Å²) in [5, 5.41) is 4.57. The molecule has 2 N–H and O–H groups in total. The second-order valence-corrected chi connectivity index (χ2v) is 4.12. The molecule has 12 heavy (non-hydrogen) atoms. The molecule has 0 amide bonds. The van der Waals surface area contributed by atoms with E-state index in [-0.39, 0.29) is 0 Å². The molecule has 5 heteroatoms. The van der Waals surface area contributed by atoms with Crippen molar-refractivity contribution in [1.29, 1.82) is 0 Å². The maximum atomic E-state index is 5.73. The van der Waals surface area contributed by atoms with Gasteiger partial charge in [-0.2, -0.15) is 16.9 Å². The Morgan fingerprint density at radius 2 is 2.50 bits per heavy atom. The number of nitrogens with two attached hydrogens (primary N) is 1. The van der Waals surface area contributed by atoms with E-state index < -0.39 is 0 Å². The summed E-state index contributed by atoms with van der Waals surface area (Å²) >= 11 is 7.60. The van der Waals surface area contributed by atoms with Gasteiger partial charge in [0.25, 0.3) is 0 Å². The van der Waals surface area contributed by atoms with Crippen LogP contribution in [0, 0.1) is 0 Å². The minimum absolute atomic E-state index is 0.415. The second-order valence-electron chi connectivity index (χ2n) is 2.32. The van der Waals surface area contributed by atoms with Gasteiger partial charge < -0.3 is 5.73 Å². The number of nitrogen functional groups attached to an aromatic ring is 1. The van der Waals surface area contributed by atoms with E-state index in [1.807, 2.05) is 11.8 Å². The molecule has 3 nitrogen and oxygen atoms in total. The fourth-order valence-corrected chi connectivity index (χ4v) is 1.58. The van der Waals surface area contributed by atoms with Crippen LogP contribution in [0.3, 0.4) is 0 Å². The fraction of sp³-hybridized carbons (Fsp3) is 0.571. The molecule has 1 aromatic rings. The van der Waals surface area contributed by atoms with Gasteiger partial charge in [0.05, 0.1) is 6.54 Å². The molecule has 0 aliphatic rings. The Bertz CT molecular complexity index is 229. The molecule has 1 rings (SSSR count). The van der Waals surface area contributed by atoms with Crippen molar-refractivity contribution in [2.45, 2.75) is 13.5 Å². The molecule has 0 aromatic carbocycles. The minimum Gasteiger partial charge on any atom is -0.381 e. The number of halogens is 1. The zero-order chi connectivity index (χ0) is 8.97. The first kappa shape index (κ1) is 9.74. The van der Waals surface area contributed by atoms with Gasteiger partial charge >= 0.3 is 0 Å². The van der Waals surface area contributed by atoms with Crippen molar-refractivity contribution >= 4 is 29.2 Å². The van der Waals surface area contributed by atoms with Gasteiger partial charge in [-0.15, -0.1) is 0 Å². The van der Waals surface area contributed by atoms with Crippen molar-refractivity contribution < 1.29 is 0 Å². The SMILES string of the molecule is CCSCCn1cc(Cl)c(N)n1. The van der Waals surface area contributed by atoms with E-state index in [1.165, 1.54) is 0 Å². The summed E-state index contributed by atoms with van der Waals surface area (Å²) in [6, 6.07) is 0. The second kappa shape index (κ2) is 4.62. The summed E-state index contributed by atoms with van der Waals surface area (Å²) in [6.45, 7) is 3.00. The van der Waals surface area contributed by atoms with Gasteiger partial charge in [0.1, 0.15) is 5.02 Å². The number of aryl methyl sites for hydroxylation is 1. The van der Waals surface area contributed by atoms with Crippen LogP contribution < -0.4 is 5.73 Å². The lowest BCUT2D eigenvalue weighted by Gasteiger charge is -1.98. The van der Waals surface area contributed by atoms with Gasteiger partial charge in [-0.3, -0.25) is 4.68 Å². The lowest BCUT2D eigenvalue weighted by molar-refractivity contribution is 0.669. The molecule has 0 atom stereocenters. The van der Waals surface area contributed by atoms with Gasteiger partial charge in [-0.05, 0) is 5.75 Å². The molecule has 0 bridgehead atoms. The van der Waals surface area contributed by atoms with Gasteiger partial charge in [0.2, 0.25) is 0 Å². The summed E-state index contributed by atoms with van der Waals surface area (Å²) in [5.74, 6) is 2.59. The predicted molar refractivity (Wildman–Crippen MR) is 54.6 cm³/mol. The molecule has 0 unspecified atom stereocenters. The number of aromatic nitrogens is 2. The van der Waals surface area contributed by atoms with Crippen molar-refractivity contribution in [3.63, 3.8) is 0 Å². The standard InChI is InChI=1S/C7H12ClN3S/c1-2-12-4-3-11-5-6(8)7(9)10-11/h5H,2-4H2,1H3,(H2,9,10). The van der Waals surface area contributed by atoms with Gasteiger partial charge in [-0.1, -0.05) is 18.5 Å². The highest BCUT2D eigenvalue weighted by Crippen LogP contribution is 2.15. The largest absolute Gasteiger partial charge is 0.381 e. The van der Waals surface area contributed by atoms with Crippen LogP contribution in [0.2, 0.25) is 5.02 Å². The smallest absolute Gasteiger partial charge is 0.164 e. The molecule has 68 valence electrons. The van der Waals surface area contributed by atoms with Crippen LogP contribution in [0.1, 0.15) is 6.92 Å². The molecule has 0 spiro atoms. The average molecular weight is 206 g/mol. The van der Waals surface area contributed by atoms with Gasteiger partial charge in [-0.25, -0.2) is 0 Å². The monoisotopic (exact) mass is 205 g/mol. The topological polar surface area (TPSA) is 43.8 Å². The molecule has 0 aliphatic carbocycles. The average Bonchev–Trinajstić information content (AvgIpc) is 2.32. The van der Waals surface area contributed by atoms with E-state index in [4.69, 9.17) is 17.3 Å². The van der Waals surface area contributed by atoms with E-state index in [0.29, 0.717) is 10.8 Å². The van der Waals surface area contributed by atoms with Crippen molar-refractivity contribution in [2.24, 2.45) is 0 Å². The highest BCUT2D eigenvalue weighted by Gasteiger charge is 2.01. The van der Waals surface area contributed by atoms with E-state index >= 15 is 0 Å². The Kier molecular flexibility index (Phi) is 3.75. The van der Waals surface area contributed by atoms with Crippen molar-refractivity contribution in [3.05, 3.63) is 11.2 Å². The summed E-state index contributed by atoms with van der Waals surface area (Å²) in [7, 11) is 0. The van der Waals surface area contributed by atoms with Crippen LogP contribution in [0.15, 0.2) is 6.20 Å². The van der Waals surface area contributed by atoms with Crippen LogP contribution in [0.25, 0.3) is 0 Å². The molecule has 0 fully saturated rings. The number of anilines is 1. The van der Waals surface area contributed by atoms with Crippen LogP contribution >= 0.6 is 23.4 Å². The highest BCUT2D eigenvalue weighted by atomic mass is 35.5. The third-order valence-corrected chi connectivity index (χ3v) is 2.58. The molecule has 0 aliphatic heterocycles.